The van der Waals surface area contributed by atoms with Gasteiger partial charge in [-0.2, -0.15) is 0 Å². The van der Waals surface area contributed by atoms with E-state index < -0.39 is 0 Å². The lowest BCUT2D eigenvalue weighted by Crippen LogP contribution is -2.46. The summed E-state index contributed by atoms with van der Waals surface area (Å²) in [7, 11) is 5.91. The quantitative estimate of drug-likeness (QED) is 0.433. The number of nitrogens with zero attached hydrogens (tertiary/aromatic N) is 3. The second-order valence-corrected chi connectivity index (χ2v) is 8.72. The van der Waals surface area contributed by atoms with Crippen molar-refractivity contribution in [3.05, 3.63) is 52.2 Å². The molecule has 0 aliphatic carbocycles. The molecule has 1 fully saturated rings. The Morgan fingerprint density at radius 3 is 2.71 bits per heavy atom. The lowest BCUT2D eigenvalue weighted by atomic mass is 10.2. The van der Waals surface area contributed by atoms with Gasteiger partial charge in [0.15, 0.2) is 5.96 Å². The number of ether oxygens (including phenoxy) is 2. The third-order valence-corrected chi connectivity index (χ3v) is 6.23. The van der Waals surface area contributed by atoms with E-state index in [1.807, 2.05) is 39.3 Å². The molecule has 1 aliphatic rings. The van der Waals surface area contributed by atoms with Crippen molar-refractivity contribution in [2.75, 3.05) is 67.1 Å². The Labute approximate surface area is 190 Å². The van der Waals surface area contributed by atoms with E-state index in [0.717, 1.165) is 56.7 Å². The van der Waals surface area contributed by atoms with Crippen LogP contribution >= 0.6 is 11.3 Å². The smallest absolute Gasteiger partial charge is 0.191 e. The van der Waals surface area contributed by atoms with Gasteiger partial charge in [-0.1, -0.05) is 24.3 Å². The molecule has 0 radical (unpaired) electrons. The number of morpholine rings is 1. The topological polar surface area (TPSA) is 61.4 Å². The summed E-state index contributed by atoms with van der Waals surface area (Å²) in [5, 5.41) is 9.10. The fourth-order valence-corrected chi connectivity index (χ4v) is 4.36. The standard InChI is InChI=1S/C23H35N5O2S/c1-24-23(25-17-19-7-4-5-8-21(19)30-15-10-27(2)3)26-18-20(22-9-6-16-31-22)28-11-13-29-14-12-28/h4-9,16,20H,10-15,17-18H2,1-3H3,(H2,24,25,26). The summed E-state index contributed by atoms with van der Waals surface area (Å²) in [6.07, 6.45) is 0. The summed E-state index contributed by atoms with van der Waals surface area (Å²) in [5.41, 5.74) is 1.12. The molecule has 1 unspecified atom stereocenters. The molecule has 1 aromatic heterocycles. The first-order valence-electron chi connectivity index (χ1n) is 10.8. The highest BCUT2D eigenvalue weighted by Crippen LogP contribution is 2.25. The zero-order valence-electron chi connectivity index (χ0n) is 18.8. The van der Waals surface area contributed by atoms with E-state index >= 15 is 0 Å². The molecule has 3 rings (SSSR count). The molecule has 2 aromatic rings. The highest BCUT2D eigenvalue weighted by atomic mass is 32.1. The number of para-hydroxylation sites is 1. The van der Waals surface area contributed by atoms with Crippen LogP contribution in [0.15, 0.2) is 46.8 Å². The maximum atomic E-state index is 5.98. The zero-order chi connectivity index (χ0) is 21.9. The molecule has 0 bridgehead atoms. The Balaban J connectivity index is 1.55. The van der Waals surface area contributed by atoms with Crippen molar-refractivity contribution in [2.24, 2.45) is 4.99 Å². The van der Waals surface area contributed by atoms with Gasteiger partial charge in [-0.25, -0.2) is 0 Å². The molecule has 7 nitrogen and oxygen atoms in total. The summed E-state index contributed by atoms with van der Waals surface area (Å²) >= 11 is 1.80. The van der Waals surface area contributed by atoms with Gasteiger partial charge in [0.2, 0.25) is 0 Å². The predicted molar refractivity (Wildman–Crippen MR) is 128 cm³/mol. The minimum atomic E-state index is 0.309. The number of hydrogen-bond acceptors (Lipinski definition) is 6. The molecule has 0 amide bonds. The fourth-order valence-electron chi connectivity index (χ4n) is 3.50. The molecule has 2 N–H and O–H groups in total. The van der Waals surface area contributed by atoms with Crippen LogP contribution in [0.25, 0.3) is 0 Å². The number of likely N-dealkylation sites (N-methyl/N-ethyl adjacent to an activating group) is 1. The molecular formula is C23H35N5O2S. The van der Waals surface area contributed by atoms with Crippen LogP contribution in [-0.2, 0) is 11.3 Å². The summed E-state index contributed by atoms with van der Waals surface area (Å²) in [5.74, 6) is 1.70. The minimum absolute atomic E-state index is 0.309. The van der Waals surface area contributed by atoms with E-state index in [2.05, 4.69) is 49.0 Å². The third-order valence-electron chi connectivity index (χ3n) is 5.26. The van der Waals surface area contributed by atoms with Crippen LogP contribution in [0.4, 0.5) is 0 Å². The average Bonchev–Trinajstić information content (AvgIpc) is 3.32. The van der Waals surface area contributed by atoms with Gasteiger partial charge in [0.05, 0.1) is 19.3 Å². The van der Waals surface area contributed by atoms with Gasteiger partial charge in [0, 0.05) is 50.2 Å². The highest BCUT2D eigenvalue weighted by molar-refractivity contribution is 7.10. The number of rotatable bonds is 10. The number of aliphatic imine (C=N–C) groups is 1. The van der Waals surface area contributed by atoms with Crippen molar-refractivity contribution in [2.45, 2.75) is 12.6 Å². The number of nitrogens with one attached hydrogen (secondary N) is 2. The van der Waals surface area contributed by atoms with Crippen LogP contribution in [0.5, 0.6) is 5.75 Å². The minimum Gasteiger partial charge on any atom is -0.492 e. The molecule has 0 spiro atoms. The first-order valence-corrected chi connectivity index (χ1v) is 11.7. The number of hydrogen-bond donors (Lipinski definition) is 2. The van der Waals surface area contributed by atoms with Crippen LogP contribution in [-0.4, -0.2) is 82.9 Å². The van der Waals surface area contributed by atoms with Gasteiger partial charge in [-0.05, 0) is 31.6 Å². The van der Waals surface area contributed by atoms with E-state index in [0.29, 0.717) is 19.2 Å². The Hall–Kier alpha value is -2.13. The van der Waals surface area contributed by atoms with Crippen LogP contribution in [0.1, 0.15) is 16.5 Å². The zero-order valence-corrected chi connectivity index (χ0v) is 19.7. The highest BCUT2D eigenvalue weighted by Gasteiger charge is 2.23. The third kappa shape index (κ3) is 7.50. The fraction of sp³-hybridized carbons (Fsp3) is 0.522. The van der Waals surface area contributed by atoms with Crippen molar-refractivity contribution in [1.29, 1.82) is 0 Å². The van der Waals surface area contributed by atoms with Crippen molar-refractivity contribution >= 4 is 17.3 Å². The van der Waals surface area contributed by atoms with E-state index in [1.54, 1.807) is 11.3 Å². The molecule has 170 valence electrons. The van der Waals surface area contributed by atoms with Crippen molar-refractivity contribution in [3.8, 4) is 5.75 Å². The van der Waals surface area contributed by atoms with Gasteiger partial charge in [0.1, 0.15) is 12.4 Å². The lowest BCUT2D eigenvalue weighted by molar-refractivity contribution is 0.0177. The van der Waals surface area contributed by atoms with E-state index in [9.17, 15) is 0 Å². The molecule has 1 saturated heterocycles. The Bertz CT molecular complexity index is 791. The summed E-state index contributed by atoms with van der Waals surface area (Å²) in [6.45, 7) is 6.48. The van der Waals surface area contributed by atoms with E-state index in [1.165, 1.54) is 4.88 Å². The Kier molecular flexibility index (Phi) is 9.61. The number of guanidine groups is 1. The largest absolute Gasteiger partial charge is 0.492 e. The summed E-state index contributed by atoms with van der Waals surface area (Å²) in [6, 6.07) is 12.8. The van der Waals surface area contributed by atoms with Gasteiger partial charge in [-0.15, -0.1) is 11.3 Å². The molecule has 0 saturated carbocycles. The van der Waals surface area contributed by atoms with Crippen molar-refractivity contribution < 1.29 is 9.47 Å². The van der Waals surface area contributed by atoms with Crippen LogP contribution < -0.4 is 15.4 Å². The van der Waals surface area contributed by atoms with Crippen molar-refractivity contribution in [1.82, 2.24) is 20.4 Å². The molecule has 1 aliphatic heterocycles. The number of thiophene rings is 1. The lowest BCUT2D eigenvalue weighted by Gasteiger charge is -2.34. The average molecular weight is 446 g/mol. The van der Waals surface area contributed by atoms with E-state index in [-0.39, 0.29) is 0 Å². The second kappa shape index (κ2) is 12.7. The maximum Gasteiger partial charge on any atom is 0.191 e. The van der Waals surface area contributed by atoms with Gasteiger partial charge >= 0.3 is 0 Å². The Morgan fingerprint density at radius 2 is 2.00 bits per heavy atom. The monoisotopic (exact) mass is 445 g/mol. The molecule has 2 heterocycles. The molecule has 31 heavy (non-hydrogen) atoms. The summed E-state index contributed by atoms with van der Waals surface area (Å²) in [4.78, 5) is 10.4. The second-order valence-electron chi connectivity index (χ2n) is 7.75. The van der Waals surface area contributed by atoms with Crippen LogP contribution in [0.2, 0.25) is 0 Å². The Morgan fingerprint density at radius 1 is 1.19 bits per heavy atom. The predicted octanol–water partition coefficient (Wildman–Crippen LogP) is 2.43. The number of benzene rings is 1. The van der Waals surface area contributed by atoms with Gasteiger partial charge in [-0.3, -0.25) is 9.89 Å². The molecular weight excluding hydrogens is 410 g/mol. The molecule has 8 heteroatoms. The van der Waals surface area contributed by atoms with Gasteiger partial charge < -0.3 is 25.0 Å². The van der Waals surface area contributed by atoms with Crippen molar-refractivity contribution in [3.63, 3.8) is 0 Å². The van der Waals surface area contributed by atoms with Crippen LogP contribution in [0.3, 0.4) is 0 Å². The van der Waals surface area contributed by atoms with E-state index in [4.69, 9.17) is 9.47 Å². The van der Waals surface area contributed by atoms with Crippen LogP contribution in [0, 0.1) is 0 Å². The first kappa shape index (κ1) is 23.5. The molecule has 1 atom stereocenters. The van der Waals surface area contributed by atoms with Gasteiger partial charge in [0.25, 0.3) is 0 Å². The molecule has 1 aromatic carbocycles. The maximum absolute atomic E-state index is 5.98. The SMILES string of the molecule is CN=C(NCc1ccccc1OCCN(C)C)NCC(c1cccs1)N1CCOCC1. The summed E-state index contributed by atoms with van der Waals surface area (Å²) < 4.78 is 11.5. The normalized spacial score (nSPS) is 16.3. The first-order chi connectivity index (χ1) is 15.2.